The Morgan fingerprint density at radius 2 is 1.81 bits per heavy atom. The quantitative estimate of drug-likeness (QED) is 0.771. The summed E-state index contributed by atoms with van der Waals surface area (Å²) in [6, 6.07) is 15.5. The highest BCUT2D eigenvalue weighted by Gasteiger charge is 2.51. The van der Waals surface area contributed by atoms with Crippen LogP contribution in [0.3, 0.4) is 0 Å². The van der Waals surface area contributed by atoms with Crippen molar-refractivity contribution in [3.63, 3.8) is 0 Å². The Morgan fingerprint density at radius 1 is 1.00 bits per heavy atom. The molecule has 1 aromatic heterocycles. The van der Waals surface area contributed by atoms with Crippen molar-refractivity contribution >= 4 is 11.7 Å². The molecule has 1 aliphatic heterocycles. The van der Waals surface area contributed by atoms with Gasteiger partial charge in [-0.1, -0.05) is 36.4 Å². The van der Waals surface area contributed by atoms with Gasteiger partial charge in [0.15, 0.2) is 17.3 Å². The minimum Gasteiger partial charge on any atom is -0.454 e. The lowest BCUT2D eigenvalue weighted by Gasteiger charge is -2.16. The molecule has 1 amide bonds. The minimum atomic E-state index is -0.536. The highest BCUT2D eigenvalue weighted by atomic mass is 16.7. The maximum absolute atomic E-state index is 13.0. The highest BCUT2D eigenvalue weighted by molar-refractivity contribution is 6.01. The lowest BCUT2D eigenvalue weighted by molar-refractivity contribution is -0.118. The minimum absolute atomic E-state index is 0.0686. The molecule has 1 fully saturated rings. The Labute approximate surface area is 156 Å². The van der Waals surface area contributed by atoms with Gasteiger partial charge in [-0.2, -0.15) is 0 Å². The smallest absolute Gasteiger partial charge is 0.236 e. The summed E-state index contributed by atoms with van der Waals surface area (Å²) in [6.07, 6.45) is 4.85. The van der Waals surface area contributed by atoms with E-state index in [4.69, 9.17) is 9.47 Å². The van der Waals surface area contributed by atoms with Crippen LogP contribution in [0.15, 0.2) is 60.9 Å². The van der Waals surface area contributed by atoms with Gasteiger partial charge in [0.2, 0.25) is 12.7 Å². The van der Waals surface area contributed by atoms with Crippen LogP contribution >= 0.6 is 0 Å². The zero-order chi connectivity index (χ0) is 18.3. The van der Waals surface area contributed by atoms with E-state index in [0.717, 1.165) is 35.4 Å². The number of ether oxygens (including phenoxy) is 2. The Kier molecular flexibility index (Phi) is 3.57. The van der Waals surface area contributed by atoms with Gasteiger partial charge >= 0.3 is 0 Å². The second-order valence-corrected chi connectivity index (χ2v) is 6.76. The molecule has 27 heavy (non-hydrogen) atoms. The summed E-state index contributed by atoms with van der Waals surface area (Å²) in [7, 11) is 0. The van der Waals surface area contributed by atoms with Gasteiger partial charge in [-0.3, -0.25) is 9.78 Å². The monoisotopic (exact) mass is 359 g/mol. The van der Waals surface area contributed by atoms with Crippen molar-refractivity contribution in [2.24, 2.45) is 0 Å². The number of rotatable bonds is 4. The number of benzene rings is 2. The van der Waals surface area contributed by atoms with Gasteiger partial charge in [-0.05, 0) is 30.5 Å². The Bertz CT molecular complexity index is 1020. The third-order valence-corrected chi connectivity index (χ3v) is 5.06. The van der Waals surface area contributed by atoms with E-state index in [1.807, 2.05) is 48.5 Å². The van der Waals surface area contributed by atoms with Crippen molar-refractivity contribution in [3.8, 4) is 22.8 Å². The number of aromatic nitrogens is 2. The number of nitrogens with zero attached hydrogens (tertiary/aromatic N) is 2. The lowest BCUT2D eigenvalue weighted by atomic mass is 9.94. The molecule has 0 atom stereocenters. The largest absolute Gasteiger partial charge is 0.454 e. The van der Waals surface area contributed by atoms with Gasteiger partial charge in [0.05, 0.1) is 23.5 Å². The van der Waals surface area contributed by atoms with E-state index in [2.05, 4.69) is 15.3 Å². The van der Waals surface area contributed by atoms with Crippen LogP contribution in [0.25, 0.3) is 11.3 Å². The normalized spacial score (nSPS) is 16.0. The SMILES string of the molecule is O=C(Nc1cncc(-c2ccccc2)n1)C1(c2ccc3c(c2)OCO3)CC1. The van der Waals surface area contributed by atoms with E-state index in [-0.39, 0.29) is 12.7 Å². The lowest BCUT2D eigenvalue weighted by Crippen LogP contribution is -2.28. The van der Waals surface area contributed by atoms with Crippen LogP contribution in [0.1, 0.15) is 18.4 Å². The second-order valence-electron chi connectivity index (χ2n) is 6.76. The maximum atomic E-state index is 13.0. The van der Waals surface area contributed by atoms with Crippen molar-refractivity contribution in [1.29, 1.82) is 0 Å². The van der Waals surface area contributed by atoms with Crippen LogP contribution in [0.2, 0.25) is 0 Å². The average Bonchev–Trinajstić information content (AvgIpc) is 3.40. The van der Waals surface area contributed by atoms with E-state index in [1.54, 1.807) is 12.4 Å². The van der Waals surface area contributed by atoms with Crippen LogP contribution in [0, 0.1) is 0 Å². The Hall–Kier alpha value is -3.41. The molecule has 0 radical (unpaired) electrons. The molecule has 0 bridgehead atoms. The molecule has 5 rings (SSSR count). The molecular formula is C21H17N3O3. The van der Waals surface area contributed by atoms with Crippen molar-refractivity contribution in [2.45, 2.75) is 18.3 Å². The van der Waals surface area contributed by atoms with Crippen LogP contribution in [0.4, 0.5) is 5.82 Å². The molecule has 1 saturated carbocycles. The topological polar surface area (TPSA) is 73.3 Å². The number of carbonyl (C=O) groups excluding carboxylic acids is 1. The molecule has 134 valence electrons. The summed E-state index contributed by atoms with van der Waals surface area (Å²) in [5.41, 5.74) is 2.08. The van der Waals surface area contributed by atoms with E-state index < -0.39 is 5.41 Å². The first-order valence-electron chi connectivity index (χ1n) is 8.84. The third kappa shape index (κ3) is 2.79. The third-order valence-electron chi connectivity index (χ3n) is 5.06. The molecule has 1 N–H and O–H groups in total. The van der Waals surface area contributed by atoms with Crippen LogP contribution in [-0.4, -0.2) is 22.7 Å². The van der Waals surface area contributed by atoms with Gasteiger partial charge in [-0.15, -0.1) is 0 Å². The summed E-state index contributed by atoms with van der Waals surface area (Å²) in [5.74, 6) is 1.79. The fraction of sp³-hybridized carbons (Fsp3) is 0.190. The van der Waals surface area contributed by atoms with Gasteiger partial charge in [0, 0.05) is 5.56 Å². The molecule has 2 heterocycles. The fourth-order valence-corrected chi connectivity index (χ4v) is 3.38. The molecule has 1 aliphatic carbocycles. The van der Waals surface area contributed by atoms with Gasteiger partial charge in [0.25, 0.3) is 0 Å². The van der Waals surface area contributed by atoms with E-state index in [0.29, 0.717) is 11.6 Å². The summed E-state index contributed by atoms with van der Waals surface area (Å²) >= 11 is 0. The predicted octanol–water partition coefficient (Wildman–Crippen LogP) is 3.54. The zero-order valence-corrected chi connectivity index (χ0v) is 14.5. The molecule has 2 aliphatic rings. The molecule has 6 nitrogen and oxygen atoms in total. The first kappa shape index (κ1) is 15.8. The molecule has 2 aromatic carbocycles. The maximum Gasteiger partial charge on any atom is 0.236 e. The number of fused-ring (bicyclic) bond motifs is 1. The number of carbonyl (C=O) groups is 1. The molecule has 0 spiro atoms. The number of hydrogen-bond acceptors (Lipinski definition) is 5. The number of nitrogens with one attached hydrogen (secondary N) is 1. The standard InChI is InChI=1S/C21H17N3O3/c25-20(21(8-9-21)15-6-7-17-18(10-15)27-13-26-17)24-19-12-22-11-16(23-19)14-4-2-1-3-5-14/h1-7,10-12H,8-9,13H2,(H,23,24,25). The van der Waals surface area contributed by atoms with Crippen molar-refractivity contribution in [2.75, 3.05) is 12.1 Å². The number of amides is 1. The van der Waals surface area contributed by atoms with Gasteiger partial charge < -0.3 is 14.8 Å². The number of hydrogen-bond donors (Lipinski definition) is 1. The first-order valence-corrected chi connectivity index (χ1v) is 8.84. The molecule has 6 heteroatoms. The molecule has 3 aromatic rings. The zero-order valence-electron chi connectivity index (χ0n) is 14.5. The van der Waals surface area contributed by atoms with Gasteiger partial charge in [0.1, 0.15) is 0 Å². The van der Waals surface area contributed by atoms with Crippen LogP contribution in [0.5, 0.6) is 11.5 Å². The Balaban J connectivity index is 1.39. The second kappa shape index (κ2) is 6.09. The van der Waals surface area contributed by atoms with Gasteiger partial charge in [-0.25, -0.2) is 4.98 Å². The fourth-order valence-electron chi connectivity index (χ4n) is 3.38. The average molecular weight is 359 g/mol. The first-order chi connectivity index (χ1) is 13.2. The molecule has 0 saturated heterocycles. The van der Waals surface area contributed by atoms with E-state index in [1.165, 1.54) is 0 Å². The summed E-state index contributed by atoms with van der Waals surface area (Å²) in [4.78, 5) is 21.8. The Morgan fingerprint density at radius 3 is 2.63 bits per heavy atom. The number of anilines is 1. The van der Waals surface area contributed by atoms with Crippen LogP contribution < -0.4 is 14.8 Å². The van der Waals surface area contributed by atoms with Crippen LogP contribution in [-0.2, 0) is 10.2 Å². The van der Waals surface area contributed by atoms with E-state index >= 15 is 0 Å². The van der Waals surface area contributed by atoms with E-state index in [9.17, 15) is 4.79 Å². The molecular weight excluding hydrogens is 342 g/mol. The summed E-state index contributed by atoms with van der Waals surface area (Å²) in [6.45, 7) is 0.222. The summed E-state index contributed by atoms with van der Waals surface area (Å²) in [5, 5.41) is 2.94. The predicted molar refractivity (Wildman–Crippen MR) is 99.6 cm³/mol. The van der Waals surface area contributed by atoms with Crippen molar-refractivity contribution in [1.82, 2.24) is 9.97 Å². The molecule has 0 unspecified atom stereocenters. The van der Waals surface area contributed by atoms with Crippen molar-refractivity contribution < 1.29 is 14.3 Å². The highest BCUT2D eigenvalue weighted by Crippen LogP contribution is 2.51. The summed E-state index contributed by atoms with van der Waals surface area (Å²) < 4.78 is 10.8. The van der Waals surface area contributed by atoms with Crippen molar-refractivity contribution in [3.05, 3.63) is 66.5 Å².